The summed E-state index contributed by atoms with van der Waals surface area (Å²) in [6.07, 6.45) is 0.617. The van der Waals surface area contributed by atoms with Gasteiger partial charge in [0.15, 0.2) is 0 Å². The van der Waals surface area contributed by atoms with Crippen LogP contribution in [-0.4, -0.2) is 26.6 Å². The molecular formula is C19H22N2O3S. The topological polar surface area (TPSA) is 66.5 Å². The van der Waals surface area contributed by atoms with E-state index < -0.39 is 10.0 Å². The minimum Gasteiger partial charge on any atom is -0.348 e. The van der Waals surface area contributed by atoms with Gasteiger partial charge in [0.1, 0.15) is 0 Å². The number of nitrogens with zero attached hydrogens (tertiary/aromatic N) is 1. The van der Waals surface area contributed by atoms with Gasteiger partial charge in [0.2, 0.25) is 10.0 Å². The molecule has 0 radical (unpaired) electrons. The number of anilines is 1. The number of hydrogen-bond acceptors (Lipinski definition) is 3. The first-order valence-corrected chi connectivity index (χ1v) is 9.92. The molecule has 0 saturated carbocycles. The van der Waals surface area contributed by atoms with Crippen LogP contribution in [0.3, 0.4) is 0 Å². The van der Waals surface area contributed by atoms with E-state index in [9.17, 15) is 13.2 Å². The first-order chi connectivity index (χ1) is 11.9. The number of nitrogens with one attached hydrogen (secondary N) is 1. The van der Waals surface area contributed by atoms with Gasteiger partial charge in [0.25, 0.3) is 5.91 Å². The van der Waals surface area contributed by atoms with E-state index in [4.69, 9.17) is 0 Å². The lowest BCUT2D eigenvalue weighted by atomic mass is 10.1. The maximum absolute atomic E-state index is 12.4. The fraction of sp³-hybridized carbons (Fsp3) is 0.316. The van der Waals surface area contributed by atoms with E-state index in [1.165, 1.54) is 9.87 Å². The molecule has 132 valence electrons. The molecule has 0 atom stereocenters. The summed E-state index contributed by atoms with van der Waals surface area (Å²) in [5.41, 5.74) is 4.41. The van der Waals surface area contributed by atoms with Crippen molar-refractivity contribution in [3.63, 3.8) is 0 Å². The second kappa shape index (κ2) is 6.88. The first kappa shape index (κ1) is 17.5. The summed E-state index contributed by atoms with van der Waals surface area (Å²) in [4.78, 5) is 12.4. The normalized spacial score (nSPS) is 16.0. The number of carbonyl (C=O) groups is 1. The molecule has 0 aliphatic carbocycles. The SMILES string of the molecule is Cc1ccc(CNC(=O)c2cccc(N3CCCS3(=O)=O)c2)c(C)c1. The number of rotatable bonds is 4. The van der Waals surface area contributed by atoms with Crippen molar-refractivity contribution >= 4 is 21.6 Å². The third kappa shape index (κ3) is 3.85. The van der Waals surface area contributed by atoms with Crippen LogP contribution in [0.2, 0.25) is 0 Å². The van der Waals surface area contributed by atoms with Gasteiger partial charge in [0, 0.05) is 18.7 Å². The zero-order valence-corrected chi connectivity index (χ0v) is 15.3. The van der Waals surface area contributed by atoms with E-state index in [0.29, 0.717) is 30.8 Å². The van der Waals surface area contributed by atoms with E-state index >= 15 is 0 Å². The van der Waals surface area contributed by atoms with Crippen molar-refractivity contribution in [1.82, 2.24) is 5.32 Å². The number of benzene rings is 2. The van der Waals surface area contributed by atoms with Gasteiger partial charge in [-0.05, 0) is 49.6 Å². The molecule has 1 saturated heterocycles. The Morgan fingerprint density at radius 1 is 1.16 bits per heavy atom. The lowest BCUT2D eigenvalue weighted by molar-refractivity contribution is 0.0951. The minimum atomic E-state index is -3.25. The van der Waals surface area contributed by atoms with Crippen LogP contribution < -0.4 is 9.62 Å². The molecular weight excluding hydrogens is 336 g/mol. The summed E-state index contributed by atoms with van der Waals surface area (Å²) in [5.74, 6) is -0.0470. The number of carbonyl (C=O) groups excluding carboxylic acids is 1. The summed E-state index contributed by atoms with van der Waals surface area (Å²) >= 11 is 0. The van der Waals surface area contributed by atoms with E-state index in [2.05, 4.69) is 11.4 Å². The zero-order chi connectivity index (χ0) is 18.0. The average molecular weight is 358 g/mol. The van der Waals surface area contributed by atoms with Crippen molar-refractivity contribution in [2.45, 2.75) is 26.8 Å². The van der Waals surface area contributed by atoms with Gasteiger partial charge in [-0.15, -0.1) is 0 Å². The fourth-order valence-corrected chi connectivity index (χ4v) is 4.61. The van der Waals surface area contributed by atoms with Crippen LogP contribution in [0.25, 0.3) is 0 Å². The van der Waals surface area contributed by atoms with Crippen LogP contribution >= 0.6 is 0 Å². The van der Waals surface area contributed by atoms with Crippen LogP contribution in [0.15, 0.2) is 42.5 Å². The molecule has 2 aromatic carbocycles. The predicted octanol–water partition coefficient (Wildman–Crippen LogP) is 2.77. The summed E-state index contributed by atoms with van der Waals surface area (Å²) in [6, 6.07) is 12.9. The van der Waals surface area contributed by atoms with Crippen LogP contribution in [0.1, 0.15) is 33.5 Å². The summed E-state index contributed by atoms with van der Waals surface area (Å²) in [7, 11) is -3.25. The molecule has 1 heterocycles. The zero-order valence-electron chi connectivity index (χ0n) is 14.5. The Balaban J connectivity index is 1.73. The molecule has 0 spiro atoms. The molecule has 0 bridgehead atoms. The summed E-state index contributed by atoms with van der Waals surface area (Å²) in [5, 5.41) is 2.91. The number of aryl methyl sites for hydroxylation is 2. The van der Waals surface area contributed by atoms with Crippen LogP contribution in [0.4, 0.5) is 5.69 Å². The molecule has 1 aliphatic rings. The van der Waals surface area contributed by atoms with Crippen molar-refractivity contribution in [3.8, 4) is 0 Å². The smallest absolute Gasteiger partial charge is 0.251 e. The molecule has 25 heavy (non-hydrogen) atoms. The third-order valence-electron chi connectivity index (χ3n) is 4.43. The molecule has 1 amide bonds. The molecule has 0 unspecified atom stereocenters. The number of sulfonamides is 1. The van der Waals surface area contributed by atoms with Crippen LogP contribution in [-0.2, 0) is 16.6 Å². The summed E-state index contributed by atoms with van der Waals surface area (Å²) < 4.78 is 25.5. The van der Waals surface area contributed by atoms with Crippen molar-refractivity contribution < 1.29 is 13.2 Å². The highest BCUT2D eigenvalue weighted by molar-refractivity contribution is 7.93. The van der Waals surface area contributed by atoms with Crippen LogP contribution in [0, 0.1) is 13.8 Å². The molecule has 1 aliphatic heterocycles. The molecule has 3 rings (SSSR count). The van der Waals surface area contributed by atoms with Crippen molar-refractivity contribution in [1.29, 1.82) is 0 Å². The summed E-state index contributed by atoms with van der Waals surface area (Å²) in [6.45, 7) is 4.97. The Hall–Kier alpha value is -2.34. The first-order valence-electron chi connectivity index (χ1n) is 8.32. The molecule has 0 aromatic heterocycles. The van der Waals surface area contributed by atoms with E-state index in [-0.39, 0.29) is 11.7 Å². The fourth-order valence-electron chi connectivity index (χ4n) is 3.05. The van der Waals surface area contributed by atoms with Gasteiger partial charge in [-0.3, -0.25) is 9.10 Å². The third-order valence-corrected chi connectivity index (χ3v) is 6.30. The Morgan fingerprint density at radius 2 is 1.96 bits per heavy atom. The Labute approximate surface area is 148 Å². The largest absolute Gasteiger partial charge is 0.348 e. The quantitative estimate of drug-likeness (QED) is 0.914. The van der Waals surface area contributed by atoms with Crippen LogP contribution in [0.5, 0.6) is 0 Å². The second-order valence-corrected chi connectivity index (χ2v) is 8.42. The van der Waals surface area contributed by atoms with Gasteiger partial charge in [-0.1, -0.05) is 29.8 Å². The van der Waals surface area contributed by atoms with E-state index in [0.717, 1.165) is 11.1 Å². The average Bonchev–Trinajstić information content (AvgIpc) is 2.93. The van der Waals surface area contributed by atoms with Crippen molar-refractivity contribution in [3.05, 3.63) is 64.7 Å². The molecule has 6 heteroatoms. The Kier molecular flexibility index (Phi) is 4.81. The van der Waals surface area contributed by atoms with Gasteiger partial charge >= 0.3 is 0 Å². The molecule has 1 N–H and O–H groups in total. The number of hydrogen-bond donors (Lipinski definition) is 1. The van der Waals surface area contributed by atoms with Gasteiger partial charge < -0.3 is 5.32 Å². The molecule has 1 fully saturated rings. The van der Waals surface area contributed by atoms with E-state index in [1.807, 2.05) is 26.0 Å². The highest BCUT2D eigenvalue weighted by atomic mass is 32.2. The minimum absolute atomic E-state index is 0.163. The monoisotopic (exact) mass is 358 g/mol. The maximum atomic E-state index is 12.4. The van der Waals surface area contributed by atoms with E-state index in [1.54, 1.807) is 24.3 Å². The standard InChI is InChI=1S/C19H22N2O3S/c1-14-7-8-17(15(2)11-14)13-20-19(22)16-5-3-6-18(12-16)21-9-4-10-25(21,23)24/h3,5-8,11-12H,4,9-10,13H2,1-2H3,(H,20,22). The molecule has 5 nitrogen and oxygen atoms in total. The molecule has 2 aromatic rings. The highest BCUT2D eigenvalue weighted by Gasteiger charge is 2.28. The van der Waals surface area contributed by atoms with Gasteiger partial charge in [-0.2, -0.15) is 0 Å². The maximum Gasteiger partial charge on any atom is 0.251 e. The van der Waals surface area contributed by atoms with Crippen molar-refractivity contribution in [2.24, 2.45) is 0 Å². The predicted molar refractivity (Wildman–Crippen MR) is 99.3 cm³/mol. The lowest BCUT2D eigenvalue weighted by Crippen LogP contribution is -2.26. The number of amides is 1. The second-order valence-electron chi connectivity index (χ2n) is 6.40. The van der Waals surface area contributed by atoms with Gasteiger partial charge in [-0.25, -0.2) is 8.42 Å². The lowest BCUT2D eigenvalue weighted by Gasteiger charge is -2.17. The Bertz CT molecular complexity index is 907. The highest BCUT2D eigenvalue weighted by Crippen LogP contribution is 2.24. The Morgan fingerprint density at radius 3 is 2.64 bits per heavy atom. The van der Waals surface area contributed by atoms with Gasteiger partial charge in [0.05, 0.1) is 11.4 Å². The van der Waals surface area contributed by atoms with Crippen molar-refractivity contribution in [2.75, 3.05) is 16.6 Å².